The van der Waals surface area contributed by atoms with Crippen LogP contribution in [0.2, 0.25) is 0 Å². The second kappa shape index (κ2) is 9.24. The Kier molecular flexibility index (Phi) is 6.49. The number of carbonyl (C=O) groups excluding carboxylic acids is 2. The summed E-state index contributed by atoms with van der Waals surface area (Å²) in [5.41, 5.74) is 12.5. The van der Waals surface area contributed by atoms with Crippen LogP contribution in [-0.2, 0) is 9.53 Å². The van der Waals surface area contributed by atoms with E-state index in [9.17, 15) is 9.59 Å². The second-order valence-corrected chi connectivity index (χ2v) is 6.77. The van der Waals surface area contributed by atoms with Gasteiger partial charge in [0.15, 0.2) is 11.5 Å². The van der Waals surface area contributed by atoms with E-state index in [1.54, 1.807) is 30.1 Å². The molecule has 9 nitrogen and oxygen atoms in total. The molecule has 9 heteroatoms. The smallest absolute Gasteiger partial charge is 0.269 e. The first kappa shape index (κ1) is 21.1. The lowest BCUT2D eigenvalue weighted by molar-refractivity contribution is -0.128. The summed E-state index contributed by atoms with van der Waals surface area (Å²) >= 11 is 0. The molecule has 30 heavy (non-hydrogen) atoms. The molecular weight excluding hydrogens is 386 g/mol. The van der Waals surface area contributed by atoms with Crippen molar-refractivity contribution in [2.75, 3.05) is 39.6 Å². The number of ether oxygens (including phenoxy) is 2. The number of carbonyl (C=O) groups is 2. The highest BCUT2D eigenvalue weighted by Crippen LogP contribution is 2.26. The van der Waals surface area contributed by atoms with Gasteiger partial charge in [-0.2, -0.15) is 4.98 Å². The number of likely N-dealkylation sites (tertiary alicyclic amines) is 1. The summed E-state index contributed by atoms with van der Waals surface area (Å²) in [5.74, 6) is 5.30. The number of methoxy groups -OCH3 is 1. The molecule has 1 aliphatic rings. The number of hydrogen-bond acceptors (Lipinski definition) is 7. The van der Waals surface area contributed by atoms with Crippen LogP contribution in [0.3, 0.4) is 0 Å². The lowest BCUT2D eigenvalue weighted by Crippen LogP contribution is -2.21. The van der Waals surface area contributed by atoms with Crippen LogP contribution in [-0.4, -0.2) is 60.6 Å². The molecule has 1 aromatic heterocycles. The van der Waals surface area contributed by atoms with Crippen molar-refractivity contribution in [2.45, 2.75) is 6.42 Å². The second-order valence-electron chi connectivity index (χ2n) is 6.77. The van der Waals surface area contributed by atoms with Gasteiger partial charge in [0.1, 0.15) is 18.2 Å². The van der Waals surface area contributed by atoms with Crippen LogP contribution >= 0.6 is 0 Å². The van der Waals surface area contributed by atoms with E-state index in [-0.39, 0.29) is 41.5 Å². The van der Waals surface area contributed by atoms with Crippen molar-refractivity contribution < 1.29 is 19.1 Å². The average Bonchev–Trinajstić information content (AvgIpc) is 3.05. The van der Waals surface area contributed by atoms with Gasteiger partial charge in [-0.25, -0.2) is 4.98 Å². The van der Waals surface area contributed by atoms with Gasteiger partial charge in [-0.3, -0.25) is 9.59 Å². The molecule has 0 saturated carbocycles. The zero-order valence-electron chi connectivity index (χ0n) is 16.8. The molecule has 2 aromatic rings. The van der Waals surface area contributed by atoms with Crippen LogP contribution in [0.15, 0.2) is 24.3 Å². The van der Waals surface area contributed by atoms with E-state index >= 15 is 0 Å². The molecule has 0 unspecified atom stereocenters. The van der Waals surface area contributed by atoms with Gasteiger partial charge in [0.2, 0.25) is 11.8 Å². The minimum atomic E-state index is -0.785. The fraction of sp³-hybridized carbons (Fsp3) is 0.333. The molecule has 0 spiro atoms. The molecule has 4 N–H and O–H groups in total. The molecule has 2 amide bonds. The van der Waals surface area contributed by atoms with E-state index < -0.39 is 5.91 Å². The fourth-order valence-electron chi connectivity index (χ4n) is 2.96. The molecule has 1 atom stereocenters. The van der Waals surface area contributed by atoms with Gasteiger partial charge in [-0.15, -0.1) is 0 Å². The Morgan fingerprint density at radius 3 is 2.80 bits per heavy atom. The molecule has 0 aliphatic carbocycles. The number of nitrogens with zero attached hydrogens (tertiary/aromatic N) is 3. The summed E-state index contributed by atoms with van der Waals surface area (Å²) in [6.45, 7) is 1.23. The predicted molar refractivity (Wildman–Crippen MR) is 110 cm³/mol. The summed E-state index contributed by atoms with van der Waals surface area (Å²) in [6, 6.07) is 7.15. The number of nitrogen functional groups attached to an aromatic ring is 1. The first-order chi connectivity index (χ1) is 14.4. The molecule has 3 rings (SSSR count). The molecule has 1 saturated heterocycles. The van der Waals surface area contributed by atoms with Gasteiger partial charge in [0.05, 0.1) is 6.61 Å². The van der Waals surface area contributed by atoms with Gasteiger partial charge in [0.25, 0.3) is 5.91 Å². The maximum Gasteiger partial charge on any atom is 0.269 e. The van der Waals surface area contributed by atoms with E-state index in [2.05, 4.69) is 21.8 Å². The highest BCUT2D eigenvalue weighted by Gasteiger charge is 2.27. The topological polar surface area (TPSA) is 134 Å². The highest BCUT2D eigenvalue weighted by molar-refractivity contribution is 5.97. The quantitative estimate of drug-likeness (QED) is 0.529. The normalized spacial score (nSPS) is 15.6. The maximum atomic E-state index is 12.0. The van der Waals surface area contributed by atoms with Gasteiger partial charge in [0, 0.05) is 31.8 Å². The number of rotatable bonds is 6. The number of benzene rings is 1. The van der Waals surface area contributed by atoms with E-state index in [4.69, 9.17) is 20.9 Å². The highest BCUT2D eigenvalue weighted by atomic mass is 16.5. The molecule has 0 radical (unpaired) electrons. The molecule has 1 aliphatic heterocycles. The van der Waals surface area contributed by atoms with Crippen LogP contribution in [0.5, 0.6) is 5.88 Å². The fourth-order valence-corrected chi connectivity index (χ4v) is 2.96. The van der Waals surface area contributed by atoms with Crippen LogP contribution in [0.25, 0.3) is 11.4 Å². The Balaban J connectivity index is 1.93. The molecule has 1 aromatic carbocycles. The average molecular weight is 409 g/mol. The predicted octanol–water partition coefficient (Wildman–Crippen LogP) is 0.680. The lowest BCUT2D eigenvalue weighted by atomic mass is 10.1. The third-order valence-electron chi connectivity index (χ3n) is 4.61. The number of hydrogen-bond donors (Lipinski definition) is 2. The van der Waals surface area contributed by atoms with Crippen molar-refractivity contribution >= 4 is 17.5 Å². The number of amides is 2. The third kappa shape index (κ3) is 4.67. The summed E-state index contributed by atoms with van der Waals surface area (Å²) in [5, 5.41) is 0. The van der Waals surface area contributed by atoms with Gasteiger partial charge in [-0.1, -0.05) is 24.0 Å². The van der Waals surface area contributed by atoms with Crippen molar-refractivity contribution in [1.29, 1.82) is 0 Å². The summed E-state index contributed by atoms with van der Waals surface area (Å²) < 4.78 is 10.5. The van der Waals surface area contributed by atoms with Crippen molar-refractivity contribution in [3.05, 3.63) is 35.5 Å². The van der Waals surface area contributed by atoms with Crippen LogP contribution in [0.1, 0.15) is 22.5 Å². The molecule has 156 valence electrons. The van der Waals surface area contributed by atoms with Crippen LogP contribution in [0.4, 0.5) is 5.69 Å². The minimum Gasteiger partial charge on any atom is -0.474 e. The van der Waals surface area contributed by atoms with Crippen LogP contribution < -0.4 is 16.2 Å². The van der Waals surface area contributed by atoms with E-state index in [0.29, 0.717) is 30.7 Å². The standard InChI is InChI=1S/C21H23N5O4/c1-26-9-8-14(21(26)28)7-6-13-4-3-5-15(12-13)19-24-17(18(23)27)16(22)20(25-19)30-11-10-29-2/h3-5,12,14H,8-11,22H2,1-2H3,(H2,23,27)/t14-/m1/s1. The minimum absolute atomic E-state index is 0.0258. The zero-order valence-corrected chi connectivity index (χ0v) is 16.8. The summed E-state index contributed by atoms with van der Waals surface area (Å²) in [4.78, 5) is 34.0. The van der Waals surface area contributed by atoms with Gasteiger partial charge in [-0.05, 0) is 18.6 Å². The van der Waals surface area contributed by atoms with Crippen molar-refractivity contribution in [3.8, 4) is 29.1 Å². The first-order valence-electron chi connectivity index (χ1n) is 9.36. The van der Waals surface area contributed by atoms with Crippen molar-refractivity contribution in [1.82, 2.24) is 14.9 Å². The molecule has 1 fully saturated rings. The molecular formula is C21H23N5O4. The first-order valence-corrected chi connectivity index (χ1v) is 9.36. The number of anilines is 1. The monoisotopic (exact) mass is 409 g/mol. The Labute approximate surface area is 174 Å². The van der Waals surface area contributed by atoms with E-state index in [0.717, 1.165) is 0 Å². The Bertz CT molecular complexity index is 1030. The SMILES string of the molecule is COCCOc1nc(-c2cccc(C#C[C@@H]3CCN(C)C3=O)c2)nc(C(N)=O)c1N. The van der Waals surface area contributed by atoms with Gasteiger partial charge < -0.3 is 25.8 Å². The van der Waals surface area contributed by atoms with E-state index in [1.165, 1.54) is 7.11 Å². The zero-order chi connectivity index (χ0) is 21.7. The number of primary amides is 1. The Hall–Kier alpha value is -3.64. The Morgan fingerprint density at radius 2 is 2.13 bits per heavy atom. The summed E-state index contributed by atoms with van der Waals surface area (Å²) in [7, 11) is 3.31. The molecule has 2 heterocycles. The maximum absolute atomic E-state index is 12.0. The van der Waals surface area contributed by atoms with Crippen molar-refractivity contribution in [3.63, 3.8) is 0 Å². The number of nitrogens with two attached hydrogens (primary N) is 2. The Morgan fingerprint density at radius 1 is 1.33 bits per heavy atom. The lowest BCUT2D eigenvalue weighted by Gasteiger charge is -2.11. The van der Waals surface area contributed by atoms with Gasteiger partial charge >= 0.3 is 0 Å². The molecule has 0 bridgehead atoms. The summed E-state index contributed by atoms with van der Waals surface area (Å²) in [6.07, 6.45) is 0.716. The van der Waals surface area contributed by atoms with E-state index in [1.807, 2.05) is 6.07 Å². The van der Waals surface area contributed by atoms with Crippen molar-refractivity contribution in [2.24, 2.45) is 11.7 Å². The number of aromatic nitrogens is 2. The largest absolute Gasteiger partial charge is 0.474 e. The third-order valence-corrected chi connectivity index (χ3v) is 4.61. The van der Waals surface area contributed by atoms with Crippen LogP contribution in [0, 0.1) is 17.8 Å².